The summed E-state index contributed by atoms with van der Waals surface area (Å²) in [6.07, 6.45) is 3.13. The summed E-state index contributed by atoms with van der Waals surface area (Å²) < 4.78 is 26.3. The van der Waals surface area contributed by atoms with Crippen LogP contribution >= 0.6 is 23.2 Å². The van der Waals surface area contributed by atoms with Gasteiger partial charge in [-0.05, 0) is 68.5 Å². The number of hydrogen-bond acceptors (Lipinski definition) is 4. The second kappa shape index (κ2) is 14.0. The highest BCUT2D eigenvalue weighted by Crippen LogP contribution is 2.24. The van der Waals surface area contributed by atoms with E-state index in [1.165, 1.54) is 9.21 Å². The first-order valence-corrected chi connectivity index (χ1v) is 15.1. The Morgan fingerprint density at radius 2 is 1.59 bits per heavy atom. The molecular weight excluding hydrogens is 533 g/mol. The summed E-state index contributed by atoms with van der Waals surface area (Å²) in [5, 5.41) is 3.69. The van der Waals surface area contributed by atoms with Crippen LogP contribution in [0.4, 0.5) is 5.69 Å². The van der Waals surface area contributed by atoms with Crippen LogP contribution in [-0.2, 0) is 32.6 Å². The molecule has 0 bridgehead atoms. The first-order chi connectivity index (χ1) is 17.4. The summed E-state index contributed by atoms with van der Waals surface area (Å²) in [7, 11) is -3.54. The second-order valence-corrected chi connectivity index (χ2v) is 11.9. The summed E-state index contributed by atoms with van der Waals surface area (Å²) >= 11 is 12.2. The zero-order chi connectivity index (χ0) is 27.8. The molecule has 0 aliphatic rings. The Bertz CT molecular complexity index is 1170. The van der Waals surface area contributed by atoms with E-state index in [0.29, 0.717) is 22.2 Å². The number of carbonyl (C=O) groups excluding carboxylic acids is 2. The summed E-state index contributed by atoms with van der Waals surface area (Å²) in [4.78, 5) is 27.7. The van der Waals surface area contributed by atoms with Crippen molar-refractivity contribution in [1.82, 2.24) is 10.2 Å². The van der Waals surface area contributed by atoms with Crippen LogP contribution in [0.1, 0.15) is 58.1 Å². The number of nitrogens with one attached hydrogen (secondary N) is 1. The van der Waals surface area contributed by atoms with Crippen molar-refractivity contribution < 1.29 is 18.0 Å². The molecule has 0 aliphatic carbocycles. The molecule has 0 aliphatic heterocycles. The van der Waals surface area contributed by atoms with Crippen molar-refractivity contribution >= 4 is 50.7 Å². The molecular formula is C27H37Cl2N3O4S. The lowest BCUT2D eigenvalue weighted by atomic mass is 10.1. The quantitative estimate of drug-likeness (QED) is 0.348. The van der Waals surface area contributed by atoms with Gasteiger partial charge >= 0.3 is 0 Å². The number of aryl methyl sites for hydroxylation is 1. The van der Waals surface area contributed by atoms with Gasteiger partial charge in [0.1, 0.15) is 6.04 Å². The first-order valence-electron chi connectivity index (χ1n) is 12.5. The van der Waals surface area contributed by atoms with Crippen molar-refractivity contribution in [1.29, 1.82) is 0 Å². The number of nitrogens with zero attached hydrogens (tertiary/aromatic N) is 2. The Labute approximate surface area is 231 Å². The predicted octanol–water partition coefficient (Wildman–Crippen LogP) is 5.43. The molecule has 0 saturated heterocycles. The zero-order valence-electron chi connectivity index (χ0n) is 22.1. The molecule has 2 aromatic rings. The maximum absolute atomic E-state index is 13.4. The number of anilines is 1. The highest BCUT2D eigenvalue weighted by atomic mass is 35.5. The van der Waals surface area contributed by atoms with Gasteiger partial charge in [0.15, 0.2) is 0 Å². The van der Waals surface area contributed by atoms with Gasteiger partial charge in [-0.2, -0.15) is 0 Å². The van der Waals surface area contributed by atoms with E-state index in [0.717, 1.165) is 30.2 Å². The largest absolute Gasteiger partial charge is 0.352 e. The van der Waals surface area contributed by atoms with E-state index in [9.17, 15) is 18.0 Å². The highest BCUT2D eigenvalue weighted by molar-refractivity contribution is 7.92. The molecule has 2 rings (SSSR count). The van der Waals surface area contributed by atoms with Crippen LogP contribution < -0.4 is 9.62 Å². The third-order valence-corrected chi connectivity index (χ3v) is 8.22. The molecule has 0 radical (unpaired) electrons. The zero-order valence-corrected chi connectivity index (χ0v) is 24.5. The number of sulfonamides is 1. The Kier molecular flexibility index (Phi) is 11.7. The van der Waals surface area contributed by atoms with Crippen LogP contribution in [0.25, 0.3) is 0 Å². The molecule has 0 unspecified atom stereocenters. The van der Waals surface area contributed by atoms with Gasteiger partial charge in [-0.15, -0.1) is 0 Å². The van der Waals surface area contributed by atoms with Crippen LogP contribution in [0.15, 0.2) is 42.5 Å². The summed E-state index contributed by atoms with van der Waals surface area (Å²) in [5.74, 6) is -0.510. The average Bonchev–Trinajstić information content (AvgIpc) is 2.85. The number of carbonyl (C=O) groups is 2. The number of benzene rings is 2. The van der Waals surface area contributed by atoms with Gasteiger partial charge in [0.2, 0.25) is 21.8 Å². The number of hydrogen-bond donors (Lipinski definition) is 1. The van der Waals surface area contributed by atoms with E-state index in [2.05, 4.69) is 5.32 Å². The molecule has 0 spiro atoms. The van der Waals surface area contributed by atoms with Gasteiger partial charge in [-0.25, -0.2) is 8.42 Å². The molecule has 0 saturated carbocycles. The standard InChI is InChI=1S/C27H37Cl2N3O4S/c1-6-19(3)30-27(34)20(4)31(18-22-12-15-24(28)25(29)17-22)26(33)9-8-16-32(37(5,35)36)23-13-10-21(7-2)11-14-23/h10-15,17,19-20H,6-9,16,18H2,1-5H3,(H,30,34)/t19-,20+/m0/s1. The minimum atomic E-state index is -3.54. The predicted molar refractivity (Wildman–Crippen MR) is 152 cm³/mol. The lowest BCUT2D eigenvalue weighted by Crippen LogP contribution is -2.49. The number of amides is 2. The SMILES string of the molecule is CCc1ccc(N(CCCC(=O)N(Cc2ccc(Cl)c(Cl)c2)[C@H](C)C(=O)N[C@@H](C)CC)S(C)(=O)=O)cc1. The first kappa shape index (κ1) is 30.9. The summed E-state index contributed by atoms with van der Waals surface area (Å²) in [6.45, 7) is 7.90. The molecule has 0 aromatic heterocycles. The fourth-order valence-electron chi connectivity index (χ4n) is 3.78. The molecule has 37 heavy (non-hydrogen) atoms. The summed E-state index contributed by atoms with van der Waals surface area (Å²) in [6, 6.07) is 11.7. The summed E-state index contributed by atoms with van der Waals surface area (Å²) in [5.41, 5.74) is 2.40. The van der Waals surface area contributed by atoms with E-state index in [4.69, 9.17) is 23.2 Å². The Morgan fingerprint density at radius 1 is 0.973 bits per heavy atom. The third-order valence-electron chi connectivity index (χ3n) is 6.29. The smallest absolute Gasteiger partial charge is 0.242 e. The normalized spacial score (nSPS) is 13.1. The minimum absolute atomic E-state index is 0.0284. The number of halogens is 2. The second-order valence-electron chi connectivity index (χ2n) is 9.22. The molecule has 10 heteroatoms. The van der Waals surface area contributed by atoms with Gasteiger partial charge in [0.05, 0.1) is 22.0 Å². The molecule has 2 amide bonds. The molecule has 0 heterocycles. The Morgan fingerprint density at radius 3 is 2.14 bits per heavy atom. The van der Waals surface area contributed by atoms with Crippen molar-refractivity contribution in [3.05, 3.63) is 63.6 Å². The van der Waals surface area contributed by atoms with Crippen molar-refractivity contribution in [3.8, 4) is 0 Å². The van der Waals surface area contributed by atoms with E-state index in [-0.39, 0.29) is 37.4 Å². The maximum Gasteiger partial charge on any atom is 0.242 e. The van der Waals surface area contributed by atoms with Crippen LogP contribution in [-0.4, -0.2) is 50.0 Å². The number of rotatable bonds is 13. The monoisotopic (exact) mass is 569 g/mol. The van der Waals surface area contributed by atoms with Crippen LogP contribution in [0.2, 0.25) is 10.0 Å². The average molecular weight is 571 g/mol. The van der Waals surface area contributed by atoms with Crippen molar-refractivity contribution in [3.63, 3.8) is 0 Å². The minimum Gasteiger partial charge on any atom is -0.352 e. The van der Waals surface area contributed by atoms with Crippen molar-refractivity contribution in [2.75, 3.05) is 17.1 Å². The van der Waals surface area contributed by atoms with E-state index in [1.54, 1.807) is 37.3 Å². The molecule has 0 fully saturated rings. The fourth-order valence-corrected chi connectivity index (χ4v) is 5.07. The highest BCUT2D eigenvalue weighted by Gasteiger charge is 2.27. The molecule has 2 aromatic carbocycles. The maximum atomic E-state index is 13.4. The fraction of sp³-hybridized carbons (Fsp3) is 0.481. The van der Waals surface area contributed by atoms with E-state index >= 15 is 0 Å². The van der Waals surface area contributed by atoms with Gasteiger partial charge in [0, 0.05) is 25.6 Å². The Balaban J connectivity index is 2.19. The van der Waals surface area contributed by atoms with Crippen LogP contribution in [0.5, 0.6) is 0 Å². The van der Waals surface area contributed by atoms with Gasteiger partial charge < -0.3 is 10.2 Å². The molecule has 7 nitrogen and oxygen atoms in total. The van der Waals surface area contributed by atoms with Crippen molar-refractivity contribution in [2.45, 2.75) is 72.0 Å². The lowest BCUT2D eigenvalue weighted by Gasteiger charge is -2.30. The molecule has 2 atom stereocenters. The topological polar surface area (TPSA) is 86.8 Å². The molecule has 1 N–H and O–H groups in total. The van der Waals surface area contributed by atoms with Gasteiger partial charge in [0.25, 0.3) is 0 Å². The van der Waals surface area contributed by atoms with E-state index < -0.39 is 16.1 Å². The van der Waals surface area contributed by atoms with Crippen LogP contribution in [0, 0.1) is 0 Å². The van der Waals surface area contributed by atoms with Crippen molar-refractivity contribution in [2.24, 2.45) is 0 Å². The van der Waals surface area contributed by atoms with E-state index in [1.807, 2.05) is 32.9 Å². The Hall–Kier alpha value is -2.29. The third kappa shape index (κ3) is 9.20. The van der Waals surface area contributed by atoms with Gasteiger partial charge in [-0.1, -0.05) is 55.2 Å². The van der Waals surface area contributed by atoms with Crippen LogP contribution in [0.3, 0.4) is 0 Å². The lowest BCUT2D eigenvalue weighted by molar-refractivity contribution is -0.140. The van der Waals surface area contributed by atoms with Gasteiger partial charge in [-0.3, -0.25) is 13.9 Å². The molecule has 204 valence electrons.